The van der Waals surface area contributed by atoms with E-state index in [-0.39, 0.29) is 26.6 Å². The van der Waals surface area contributed by atoms with E-state index in [0.717, 1.165) is 11.3 Å². The van der Waals surface area contributed by atoms with Crippen molar-refractivity contribution in [1.82, 2.24) is 20.2 Å². The molecule has 2 heterocycles. The Kier molecular flexibility index (Phi) is 5.83. The maximum atomic E-state index is 12.7. The van der Waals surface area contributed by atoms with Crippen LogP contribution < -0.4 is 5.73 Å². The summed E-state index contributed by atoms with van der Waals surface area (Å²) in [7, 11) is 2.36. The summed E-state index contributed by atoms with van der Waals surface area (Å²) in [6, 6.07) is 6.52. The van der Waals surface area contributed by atoms with Crippen LogP contribution in [-0.2, 0) is 20.8 Å². The Morgan fingerprint density at radius 2 is 1.83 bits per heavy atom. The molecule has 0 amide bonds. The highest BCUT2D eigenvalue weighted by Crippen LogP contribution is 2.33. The largest absolute Gasteiger partial charge is 0.465 e. The standard InChI is InChI=1S/C17H15N5O6S/c1-26-16(24)12-10(13(17(25)27-2)29-14(12)18)7-28-15(23)9-5-3-4-6-11(9)22-8-19-20-21-22/h3-6,8H,7,18H2,1-2H3. The topological polar surface area (TPSA) is 149 Å². The van der Waals surface area contributed by atoms with Crippen molar-refractivity contribution in [2.24, 2.45) is 0 Å². The number of hydrogen-bond acceptors (Lipinski definition) is 11. The number of para-hydroxylation sites is 1. The second-order valence-corrected chi connectivity index (χ2v) is 6.53. The fourth-order valence-electron chi connectivity index (χ4n) is 2.54. The molecule has 2 N–H and O–H groups in total. The summed E-state index contributed by atoms with van der Waals surface area (Å²) in [4.78, 5) is 36.9. The van der Waals surface area contributed by atoms with Gasteiger partial charge in [-0.15, -0.1) is 16.4 Å². The summed E-state index contributed by atoms with van der Waals surface area (Å²) < 4.78 is 16.1. The maximum Gasteiger partial charge on any atom is 0.348 e. The number of hydrogen-bond donors (Lipinski definition) is 1. The number of rotatable bonds is 6. The second kappa shape index (κ2) is 8.48. The van der Waals surface area contributed by atoms with Crippen LogP contribution in [0.25, 0.3) is 5.69 Å². The highest BCUT2D eigenvalue weighted by Gasteiger charge is 2.28. The zero-order chi connectivity index (χ0) is 21.0. The van der Waals surface area contributed by atoms with Crippen LogP contribution in [-0.4, -0.2) is 52.3 Å². The molecule has 0 aliphatic rings. The fraction of sp³-hybridized carbons (Fsp3) is 0.176. The summed E-state index contributed by atoms with van der Waals surface area (Å²) in [6.07, 6.45) is 1.33. The number of esters is 3. The first kappa shape index (κ1) is 19.9. The number of aromatic nitrogens is 4. The summed E-state index contributed by atoms with van der Waals surface area (Å²) in [5.74, 6) is -2.18. The Labute approximate surface area is 168 Å². The lowest BCUT2D eigenvalue weighted by Gasteiger charge is -2.10. The fourth-order valence-corrected chi connectivity index (χ4v) is 3.52. The van der Waals surface area contributed by atoms with Gasteiger partial charge in [-0.1, -0.05) is 12.1 Å². The molecule has 3 aromatic rings. The molecule has 150 valence electrons. The molecule has 12 heteroatoms. The molecule has 11 nitrogen and oxygen atoms in total. The van der Waals surface area contributed by atoms with Crippen molar-refractivity contribution in [3.05, 3.63) is 52.2 Å². The third kappa shape index (κ3) is 3.91. The van der Waals surface area contributed by atoms with E-state index < -0.39 is 24.5 Å². The maximum absolute atomic E-state index is 12.7. The van der Waals surface area contributed by atoms with E-state index in [9.17, 15) is 14.4 Å². The van der Waals surface area contributed by atoms with Gasteiger partial charge >= 0.3 is 17.9 Å². The van der Waals surface area contributed by atoms with Crippen molar-refractivity contribution in [2.45, 2.75) is 6.61 Å². The van der Waals surface area contributed by atoms with Gasteiger partial charge in [0.1, 0.15) is 28.4 Å². The van der Waals surface area contributed by atoms with E-state index >= 15 is 0 Å². The van der Waals surface area contributed by atoms with Crippen molar-refractivity contribution >= 4 is 34.2 Å². The Bertz CT molecular complexity index is 1060. The second-order valence-electron chi connectivity index (χ2n) is 5.48. The molecule has 1 aromatic carbocycles. The molecule has 0 atom stereocenters. The SMILES string of the molecule is COC(=O)c1sc(N)c(C(=O)OC)c1COC(=O)c1ccccc1-n1cnnn1. The van der Waals surface area contributed by atoms with Crippen LogP contribution in [0.4, 0.5) is 5.00 Å². The molecule has 0 aliphatic carbocycles. The predicted octanol–water partition coefficient (Wildman–Crippen LogP) is 1.24. The van der Waals surface area contributed by atoms with E-state index in [2.05, 4.69) is 15.5 Å². The number of thiophene rings is 1. The summed E-state index contributed by atoms with van der Waals surface area (Å²) in [6.45, 7) is -0.397. The lowest BCUT2D eigenvalue weighted by atomic mass is 10.1. The average Bonchev–Trinajstić information content (AvgIpc) is 3.39. The number of nitrogens with zero attached hydrogens (tertiary/aromatic N) is 4. The van der Waals surface area contributed by atoms with E-state index in [4.69, 9.17) is 19.9 Å². The molecule has 0 saturated carbocycles. The number of benzene rings is 1. The Hall–Kier alpha value is -3.80. The van der Waals surface area contributed by atoms with Crippen LogP contribution >= 0.6 is 11.3 Å². The van der Waals surface area contributed by atoms with Gasteiger partial charge in [0, 0.05) is 5.56 Å². The van der Waals surface area contributed by atoms with Gasteiger partial charge in [0.15, 0.2) is 0 Å². The average molecular weight is 417 g/mol. The molecule has 2 aromatic heterocycles. The van der Waals surface area contributed by atoms with Crippen LogP contribution in [0, 0.1) is 0 Å². The first-order valence-corrected chi connectivity index (χ1v) is 8.86. The van der Waals surface area contributed by atoms with Gasteiger partial charge < -0.3 is 19.9 Å². The number of carbonyl (C=O) groups excluding carboxylic acids is 3. The number of carbonyl (C=O) groups is 3. The zero-order valence-corrected chi connectivity index (χ0v) is 16.1. The first-order chi connectivity index (χ1) is 14.0. The minimum absolute atomic E-state index is 0.0422. The Morgan fingerprint density at radius 3 is 2.48 bits per heavy atom. The van der Waals surface area contributed by atoms with Crippen molar-refractivity contribution in [3.63, 3.8) is 0 Å². The number of anilines is 1. The summed E-state index contributed by atoms with van der Waals surface area (Å²) in [5.41, 5.74) is 6.51. The minimum atomic E-state index is -0.756. The number of ether oxygens (including phenoxy) is 3. The molecule has 3 rings (SSSR count). The number of nitrogen functional groups attached to an aromatic ring is 1. The smallest absolute Gasteiger partial charge is 0.348 e. The summed E-state index contributed by atoms with van der Waals surface area (Å²) >= 11 is 0.846. The van der Waals surface area contributed by atoms with Crippen LogP contribution in [0.2, 0.25) is 0 Å². The van der Waals surface area contributed by atoms with Gasteiger partial charge in [-0.25, -0.2) is 14.4 Å². The zero-order valence-electron chi connectivity index (χ0n) is 15.3. The van der Waals surface area contributed by atoms with Crippen molar-refractivity contribution in [3.8, 4) is 5.69 Å². The summed E-state index contributed by atoms with van der Waals surface area (Å²) in [5, 5.41) is 10.9. The molecule has 0 unspecified atom stereocenters. The van der Waals surface area contributed by atoms with Crippen LogP contribution in [0.5, 0.6) is 0 Å². The highest BCUT2D eigenvalue weighted by molar-refractivity contribution is 7.18. The Balaban J connectivity index is 1.92. The predicted molar refractivity (Wildman–Crippen MR) is 99.7 cm³/mol. The van der Waals surface area contributed by atoms with E-state index in [0.29, 0.717) is 5.69 Å². The van der Waals surface area contributed by atoms with Gasteiger partial charge in [-0.2, -0.15) is 4.68 Å². The number of methoxy groups -OCH3 is 2. The van der Waals surface area contributed by atoms with E-state index in [1.807, 2.05) is 0 Å². The van der Waals surface area contributed by atoms with Gasteiger partial charge in [0.25, 0.3) is 0 Å². The van der Waals surface area contributed by atoms with Crippen LogP contribution in [0.3, 0.4) is 0 Å². The van der Waals surface area contributed by atoms with Gasteiger partial charge in [0.05, 0.1) is 25.5 Å². The molecule has 0 fully saturated rings. The van der Waals surface area contributed by atoms with Gasteiger partial charge in [-0.3, -0.25) is 0 Å². The monoisotopic (exact) mass is 417 g/mol. The van der Waals surface area contributed by atoms with Crippen molar-refractivity contribution in [1.29, 1.82) is 0 Å². The molecule has 29 heavy (non-hydrogen) atoms. The molecule has 0 bridgehead atoms. The molecule has 0 aliphatic heterocycles. The van der Waals surface area contributed by atoms with Crippen molar-refractivity contribution in [2.75, 3.05) is 20.0 Å². The molecule has 0 radical (unpaired) electrons. The van der Waals surface area contributed by atoms with Gasteiger partial charge in [-0.05, 0) is 22.6 Å². The quantitative estimate of drug-likeness (QED) is 0.458. The Morgan fingerprint density at radius 1 is 1.10 bits per heavy atom. The molecule has 0 saturated heterocycles. The molecular weight excluding hydrogens is 402 g/mol. The van der Waals surface area contributed by atoms with Crippen molar-refractivity contribution < 1.29 is 28.6 Å². The van der Waals surface area contributed by atoms with E-state index in [1.54, 1.807) is 18.2 Å². The third-order valence-electron chi connectivity index (χ3n) is 3.86. The minimum Gasteiger partial charge on any atom is -0.465 e. The van der Waals surface area contributed by atoms with Gasteiger partial charge in [0.2, 0.25) is 0 Å². The third-order valence-corrected chi connectivity index (χ3v) is 4.90. The number of nitrogens with two attached hydrogens (primary N) is 1. The highest BCUT2D eigenvalue weighted by atomic mass is 32.1. The van der Waals surface area contributed by atoms with Crippen LogP contribution in [0.15, 0.2) is 30.6 Å². The van der Waals surface area contributed by atoms with Crippen LogP contribution in [0.1, 0.15) is 36.0 Å². The lowest BCUT2D eigenvalue weighted by Crippen LogP contribution is -2.14. The first-order valence-electron chi connectivity index (χ1n) is 8.05. The molecule has 0 spiro atoms. The van der Waals surface area contributed by atoms with E-state index in [1.165, 1.54) is 31.3 Å². The molecular formula is C17H15N5O6S. The number of tetrazole rings is 1. The lowest BCUT2D eigenvalue weighted by molar-refractivity contribution is 0.0452. The normalized spacial score (nSPS) is 10.4.